The van der Waals surface area contributed by atoms with E-state index in [1.54, 1.807) is 0 Å². The van der Waals surface area contributed by atoms with Crippen LogP contribution in [0.4, 0.5) is 5.82 Å². The molecule has 1 atom stereocenters. The lowest BCUT2D eigenvalue weighted by atomic mass is 9.64. The maximum atomic E-state index is 5.10. The Morgan fingerprint density at radius 3 is 2.72 bits per heavy atom. The Morgan fingerprint density at radius 2 is 1.78 bits per heavy atom. The minimum atomic E-state index is -1.81. The van der Waals surface area contributed by atoms with Crippen molar-refractivity contribution in [1.82, 2.24) is 18.8 Å². The average molecular weight is 462 g/mol. The number of para-hydroxylation sites is 1. The molecule has 3 aliphatic heterocycles. The number of pyridine rings is 1. The highest BCUT2D eigenvalue weighted by atomic mass is 15.5. The highest BCUT2D eigenvalue weighted by molar-refractivity contribution is 6.73. The molecular weight excluding hydrogens is 443 g/mol. The number of imidazole rings is 1. The summed E-state index contributed by atoms with van der Waals surface area (Å²) in [5.41, 5.74) is 4.79. The molecule has 6 heterocycles. The molecule has 0 aliphatic carbocycles. The first kappa shape index (κ1) is 18.4. The van der Waals surface area contributed by atoms with Gasteiger partial charge in [-0.05, 0) is 40.2 Å². The number of aliphatic imine (C=N–C) groups is 1. The van der Waals surface area contributed by atoms with Crippen LogP contribution in [0.3, 0.4) is 0 Å². The fourth-order valence-corrected chi connectivity index (χ4v) is 6.82. The molecular formula is C29H19BN6. The van der Waals surface area contributed by atoms with Gasteiger partial charge in [0.15, 0.2) is 0 Å². The topological polar surface area (TPSA) is 42.2 Å². The summed E-state index contributed by atoms with van der Waals surface area (Å²) in [6.45, 7) is -1.81. The van der Waals surface area contributed by atoms with Crippen LogP contribution >= 0.6 is 0 Å². The van der Waals surface area contributed by atoms with Crippen LogP contribution in [0, 0.1) is 0 Å². The van der Waals surface area contributed by atoms with Crippen LogP contribution in [0.15, 0.2) is 121 Å². The first-order chi connectivity index (χ1) is 17.9. The van der Waals surface area contributed by atoms with Gasteiger partial charge in [0.05, 0.1) is 6.33 Å². The van der Waals surface area contributed by atoms with E-state index in [1.165, 1.54) is 38.1 Å². The molecule has 0 spiro atoms. The smallest absolute Gasteiger partial charge is 0.435 e. The van der Waals surface area contributed by atoms with Gasteiger partial charge < -0.3 is 18.2 Å². The van der Waals surface area contributed by atoms with Crippen LogP contribution in [0.2, 0.25) is 0 Å². The zero-order chi connectivity index (χ0) is 23.4. The van der Waals surface area contributed by atoms with E-state index < -0.39 is 6.69 Å². The average Bonchev–Trinajstić information content (AvgIpc) is 3.59. The van der Waals surface area contributed by atoms with Gasteiger partial charge in [-0.1, -0.05) is 60.7 Å². The van der Waals surface area contributed by atoms with Gasteiger partial charge in [0.1, 0.15) is 0 Å². The molecule has 7 heteroatoms. The van der Waals surface area contributed by atoms with Crippen LogP contribution in [-0.4, -0.2) is 31.3 Å². The third kappa shape index (κ3) is 1.93. The molecule has 0 bridgehead atoms. The highest BCUT2D eigenvalue weighted by Crippen LogP contribution is 2.46. The second kappa shape index (κ2) is 6.20. The van der Waals surface area contributed by atoms with Crippen molar-refractivity contribution >= 4 is 56.6 Å². The summed E-state index contributed by atoms with van der Waals surface area (Å²) in [6, 6.07) is 26.1. The minimum Gasteiger partial charge on any atom is -0.435 e. The van der Waals surface area contributed by atoms with E-state index in [1.807, 2.05) is 12.5 Å². The molecule has 6 aromatic rings. The summed E-state index contributed by atoms with van der Waals surface area (Å²) in [6.07, 6.45) is 14.5. The molecule has 36 heavy (non-hydrogen) atoms. The predicted octanol–water partition coefficient (Wildman–Crippen LogP) is 5.08. The van der Waals surface area contributed by atoms with Gasteiger partial charge >= 0.3 is 6.69 Å². The fourth-order valence-electron chi connectivity index (χ4n) is 6.82. The van der Waals surface area contributed by atoms with Crippen LogP contribution in [0.5, 0.6) is 0 Å². The monoisotopic (exact) mass is 462 g/mol. The summed E-state index contributed by atoms with van der Waals surface area (Å²) < 4.78 is 7.13. The van der Waals surface area contributed by atoms with Crippen LogP contribution in [0.1, 0.15) is 5.56 Å². The van der Waals surface area contributed by atoms with Gasteiger partial charge in [-0.2, -0.15) is 0 Å². The molecule has 0 saturated carbocycles. The van der Waals surface area contributed by atoms with Gasteiger partial charge in [-0.25, -0.2) is 4.98 Å². The summed E-state index contributed by atoms with van der Waals surface area (Å²) in [4.78, 5) is 12.0. The van der Waals surface area contributed by atoms with Crippen molar-refractivity contribution in [3.05, 3.63) is 122 Å². The van der Waals surface area contributed by atoms with Crippen molar-refractivity contribution in [2.75, 3.05) is 0 Å². The van der Waals surface area contributed by atoms with Crippen molar-refractivity contribution in [2.24, 2.45) is 4.99 Å². The van der Waals surface area contributed by atoms with Crippen molar-refractivity contribution in [1.29, 1.82) is 0 Å². The molecule has 0 radical (unpaired) electrons. The predicted molar refractivity (Wildman–Crippen MR) is 144 cm³/mol. The number of rotatable bonds is 1. The summed E-state index contributed by atoms with van der Waals surface area (Å²) in [7, 11) is 0. The second-order valence-corrected chi connectivity index (χ2v) is 9.67. The van der Waals surface area contributed by atoms with E-state index in [4.69, 9.17) is 4.99 Å². The van der Waals surface area contributed by atoms with E-state index in [9.17, 15) is 0 Å². The van der Waals surface area contributed by atoms with E-state index in [-0.39, 0.29) is 0 Å². The first-order valence-electron chi connectivity index (χ1n) is 12.2. The number of hydrogen-bond acceptors (Lipinski definition) is 3. The Balaban J connectivity index is 1.62. The zero-order valence-electron chi connectivity index (χ0n) is 19.2. The maximum absolute atomic E-state index is 5.10. The number of fused-ring (bicyclic) bond motifs is 9. The number of hydrogen-bond donors (Lipinski definition) is 0. The largest absolute Gasteiger partial charge is 0.508 e. The number of benzene rings is 3. The summed E-state index contributed by atoms with van der Waals surface area (Å²) in [5, 5.41) is 5.05. The Labute approximate surface area is 206 Å². The lowest BCUT2D eigenvalue weighted by Gasteiger charge is -2.55. The summed E-state index contributed by atoms with van der Waals surface area (Å²) >= 11 is 0. The Kier molecular flexibility index (Phi) is 3.17. The molecule has 168 valence electrons. The molecule has 0 N–H and O–H groups in total. The zero-order valence-corrected chi connectivity index (χ0v) is 19.2. The number of nitrogens with zero attached hydrogens (tertiary/aromatic N) is 6. The SMILES string of the molecule is C1=CC2=Nc3cccc[n+]3[B-]3(n4ccnc4)N2C(=C1)c1cccc2c4c5ccccc5ccc4n3c12. The highest BCUT2D eigenvalue weighted by Gasteiger charge is 2.55. The van der Waals surface area contributed by atoms with Gasteiger partial charge in [0.2, 0.25) is 5.84 Å². The number of aromatic nitrogens is 4. The van der Waals surface area contributed by atoms with Crippen molar-refractivity contribution in [3.63, 3.8) is 0 Å². The fraction of sp³-hybridized carbons (Fsp3) is 0. The summed E-state index contributed by atoms with van der Waals surface area (Å²) in [5.74, 6) is 1.84. The van der Waals surface area contributed by atoms with E-state index in [0.29, 0.717) is 0 Å². The number of allylic oxidation sites excluding steroid dienone is 2. The molecule has 9 rings (SSSR count). The first-order valence-corrected chi connectivity index (χ1v) is 12.2. The molecule has 3 aromatic heterocycles. The van der Waals surface area contributed by atoms with Crippen molar-refractivity contribution < 1.29 is 4.48 Å². The molecule has 0 saturated heterocycles. The van der Waals surface area contributed by atoms with Gasteiger partial charge in [-0.3, -0.25) is 0 Å². The lowest BCUT2D eigenvalue weighted by Crippen LogP contribution is -2.84. The number of amidine groups is 1. The van der Waals surface area contributed by atoms with Crippen LogP contribution < -0.4 is 4.48 Å². The molecule has 0 fully saturated rings. The quantitative estimate of drug-likeness (QED) is 0.320. The Morgan fingerprint density at radius 1 is 0.861 bits per heavy atom. The molecule has 1 unspecified atom stereocenters. The van der Waals surface area contributed by atoms with Gasteiger partial charge in [-0.15, -0.1) is 0 Å². The molecule has 3 aromatic carbocycles. The third-order valence-electron chi connectivity index (χ3n) is 8.08. The standard InChI is InChI=1S/C29H19BN6/c1-2-8-21-20(7-1)14-15-25-28(21)23-10-5-9-22-24-11-6-13-27-32-26-12-3-4-17-34(26)30(35(24)27,36(25)29(22)23)33-18-16-31-19-33/h1-19H. The minimum absolute atomic E-state index is 0.915. The van der Waals surface area contributed by atoms with E-state index in [0.717, 1.165) is 17.4 Å². The van der Waals surface area contributed by atoms with E-state index in [2.05, 4.69) is 127 Å². The lowest BCUT2D eigenvalue weighted by molar-refractivity contribution is -0.546. The van der Waals surface area contributed by atoms with Gasteiger partial charge in [0.25, 0.3) is 5.82 Å². The third-order valence-corrected chi connectivity index (χ3v) is 8.08. The van der Waals surface area contributed by atoms with Crippen molar-refractivity contribution in [2.45, 2.75) is 0 Å². The Bertz CT molecular complexity index is 2010. The molecule has 3 aliphatic rings. The second-order valence-electron chi connectivity index (χ2n) is 9.67. The molecule has 0 amide bonds. The van der Waals surface area contributed by atoms with Gasteiger partial charge in [0, 0.05) is 57.6 Å². The molecule has 6 nitrogen and oxygen atoms in total. The Hall–Kier alpha value is -4.91. The van der Waals surface area contributed by atoms with Crippen LogP contribution in [0.25, 0.3) is 38.3 Å². The maximum Gasteiger partial charge on any atom is 0.508 e. The van der Waals surface area contributed by atoms with E-state index >= 15 is 0 Å². The van der Waals surface area contributed by atoms with Crippen molar-refractivity contribution in [3.8, 4) is 0 Å². The van der Waals surface area contributed by atoms with Crippen LogP contribution in [-0.2, 0) is 0 Å². The normalized spacial score (nSPS) is 19.4.